The van der Waals surface area contributed by atoms with E-state index < -0.39 is 22.7 Å². The summed E-state index contributed by atoms with van der Waals surface area (Å²) in [4.78, 5) is 39.6. The van der Waals surface area contributed by atoms with Crippen LogP contribution < -0.4 is 9.47 Å². The first kappa shape index (κ1) is 49.0. The van der Waals surface area contributed by atoms with Gasteiger partial charge in [0.15, 0.2) is 0 Å². The van der Waals surface area contributed by atoms with Crippen molar-refractivity contribution < 1.29 is 19.1 Å². The summed E-state index contributed by atoms with van der Waals surface area (Å²) in [5.41, 5.74) is 6.94. The van der Waals surface area contributed by atoms with E-state index in [9.17, 15) is 9.59 Å². The van der Waals surface area contributed by atoms with Gasteiger partial charge in [-0.05, 0) is 158 Å². The molecule has 2 heterocycles. The van der Waals surface area contributed by atoms with E-state index in [0.29, 0.717) is 37.2 Å². The topological polar surface area (TPSA) is 77.3 Å². The molecule has 0 radical (unpaired) electrons. The minimum Gasteiger partial charge on any atom is -0.426 e. The van der Waals surface area contributed by atoms with Crippen molar-refractivity contribution in [2.45, 2.75) is 100 Å². The summed E-state index contributed by atoms with van der Waals surface area (Å²) >= 11 is 0. The Balaban J connectivity index is 1.52. The highest BCUT2D eigenvalue weighted by Gasteiger charge is 2.57. The molecule has 67 heavy (non-hydrogen) atoms. The normalized spacial score (nSPS) is 32.4. The Labute approximate surface area is 401 Å². The molecule has 0 N–H and O–H groups in total. The Kier molecular flexibility index (Phi) is 15.7. The van der Waals surface area contributed by atoms with Crippen molar-refractivity contribution in [3.63, 3.8) is 0 Å². The van der Waals surface area contributed by atoms with Gasteiger partial charge in [-0.15, -0.1) is 0 Å². The molecule has 6 nitrogen and oxygen atoms in total. The van der Waals surface area contributed by atoms with Crippen LogP contribution in [0.25, 0.3) is 0 Å². The van der Waals surface area contributed by atoms with Crippen molar-refractivity contribution in [1.82, 2.24) is 0 Å². The number of aliphatic imine (C=N–C) groups is 2. The molecule has 5 unspecified atom stereocenters. The first-order valence-electron chi connectivity index (χ1n) is 24.7. The van der Waals surface area contributed by atoms with Gasteiger partial charge in [-0.3, -0.25) is 19.6 Å². The molecule has 6 heteroatoms. The lowest BCUT2D eigenvalue weighted by Crippen LogP contribution is -2.52. The van der Waals surface area contributed by atoms with Crippen molar-refractivity contribution >= 4 is 23.4 Å². The smallest absolute Gasteiger partial charge is 0.314 e. The molecule has 0 aromatic heterocycles. The van der Waals surface area contributed by atoms with Crippen LogP contribution in [0.4, 0.5) is 0 Å². The number of rotatable bonds is 11. The van der Waals surface area contributed by atoms with Crippen molar-refractivity contribution in [2.75, 3.05) is 0 Å². The van der Waals surface area contributed by atoms with E-state index in [0.717, 1.165) is 58.8 Å². The third-order valence-corrected chi connectivity index (χ3v) is 15.7. The lowest BCUT2D eigenvalue weighted by Gasteiger charge is -2.58. The van der Waals surface area contributed by atoms with Crippen LogP contribution in [0, 0.1) is 58.2 Å². The van der Waals surface area contributed by atoms with E-state index >= 15 is 0 Å². The van der Waals surface area contributed by atoms with Crippen LogP contribution in [0.3, 0.4) is 0 Å². The second kappa shape index (κ2) is 21.4. The number of carbonyl (C=O) groups is 2. The third-order valence-electron chi connectivity index (χ3n) is 15.7. The monoisotopic (exact) mass is 897 g/mol. The van der Waals surface area contributed by atoms with Crippen molar-refractivity contribution in [3.05, 3.63) is 180 Å². The van der Waals surface area contributed by atoms with Crippen molar-refractivity contribution in [3.8, 4) is 11.5 Å². The molecule has 3 aliphatic carbocycles. The molecule has 0 amide bonds. The number of nitrogens with zero attached hydrogens (tertiary/aromatic N) is 2. The maximum atomic E-state index is 14.7. The number of allylic oxidation sites excluding steroid dienone is 16. The van der Waals surface area contributed by atoms with E-state index in [1.807, 2.05) is 67.6 Å². The summed E-state index contributed by atoms with van der Waals surface area (Å²) in [6.07, 6.45) is 32.2. The summed E-state index contributed by atoms with van der Waals surface area (Å²) in [6, 6.07) is 18.9. The molecule has 350 valence electrons. The second-order valence-electron chi connectivity index (χ2n) is 20.3. The van der Waals surface area contributed by atoms with E-state index in [2.05, 4.69) is 135 Å². The van der Waals surface area contributed by atoms with Gasteiger partial charge < -0.3 is 9.47 Å². The molecule has 5 aliphatic rings. The van der Waals surface area contributed by atoms with E-state index in [-0.39, 0.29) is 47.4 Å². The molecule has 6 bridgehead atoms. The lowest BCUT2D eigenvalue weighted by molar-refractivity contribution is -0.143. The second-order valence-corrected chi connectivity index (χ2v) is 20.3. The molecular formula is C61H72N2O4. The van der Waals surface area contributed by atoms with Gasteiger partial charge in [0, 0.05) is 11.4 Å². The molecule has 0 fully saturated rings. The number of fused-ring (bicyclic) bond motifs is 7. The first-order chi connectivity index (χ1) is 32.1. The summed E-state index contributed by atoms with van der Waals surface area (Å²) in [5.74, 6) is -0.173. The number of carbonyl (C=O) groups excluding carboxylic acids is 2. The first-order valence-corrected chi connectivity index (χ1v) is 24.7. The van der Waals surface area contributed by atoms with Crippen LogP contribution in [0.5, 0.6) is 11.5 Å². The van der Waals surface area contributed by atoms with Crippen molar-refractivity contribution in [2.24, 2.45) is 68.2 Å². The van der Waals surface area contributed by atoms with Gasteiger partial charge in [-0.2, -0.15) is 0 Å². The van der Waals surface area contributed by atoms with Crippen LogP contribution in [0.2, 0.25) is 0 Å². The number of hydrogen-bond acceptors (Lipinski definition) is 6. The van der Waals surface area contributed by atoms with Gasteiger partial charge in [0.1, 0.15) is 11.5 Å². The Morgan fingerprint density at radius 2 is 1.22 bits per heavy atom. The Morgan fingerprint density at radius 3 is 1.84 bits per heavy atom. The minimum absolute atomic E-state index is 0.00203. The molecule has 10 atom stereocenters. The van der Waals surface area contributed by atoms with E-state index in [1.54, 1.807) is 0 Å². The maximum absolute atomic E-state index is 14.7. The summed E-state index contributed by atoms with van der Waals surface area (Å²) in [6.45, 7) is 26.8. The van der Waals surface area contributed by atoms with Crippen LogP contribution in [-0.4, -0.2) is 23.4 Å². The molecule has 2 aromatic rings. The fraction of sp³-hybridized carbons (Fsp3) is 0.410. The Hall–Kier alpha value is -5.88. The molecule has 0 saturated heterocycles. The molecule has 0 spiro atoms. The summed E-state index contributed by atoms with van der Waals surface area (Å²) in [7, 11) is 0. The van der Waals surface area contributed by atoms with E-state index in [1.165, 1.54) is 5.57 Å². The largest absolute Gasteiger partial charge is 0.426 e. The SMILES string of the molecule is C=C1N=C(CC)/C=C\[C@H](C)[C@@](CC(C)C(=O)Oc2ccccc2)(C[C@@]2(CC(C)C(=O)Oc3ccccc3)C(C)/C=C\C(C)=NC(=C)/C3=C/C(C)=C/C=C\[C@H](C)C2C3)C2CC1=CC1=CC=C[C@@H]2C1. The van der Waals surface area contributed by atoms with Gasteiger partial charge in [0.05, 0.1) is 23.2 Å². The number of hydrogen-bond donors (Lipinski definition) is 0. The highest BCUT2D eigenvalue weighted by Crippen LogP contribution is 2.63. The van der Waals surface area contributed by atoms with Crippen LogP contribution >= 0.6 is 0 Å². The van der Waals surface area contributed by atoms with Crippen LogP contribution in [-0.2, 0) is 9.59 Å². The van der Waals surface area contributed by atoms with Crippen LogP contribution in [0.15, 0.2) is 190 Å². The predicted molar refractivity (Wildman–Crippen MR) is 277 cm³/mol. The predicted octanol–water partition coefficient (Wildman–Crippen LogP) is 14.9. The van der Waals surface area contributed by atoms with Gasteiger partial charge in [-0.25, -0.2) is 0 Å². The Bertz CT molecular complexity index is 2510. The molecule has 0 saturated carbocycles. The lowest BCUT2D eigenvalue weighted by atomic mass is 9.46. The van der Waals surface area contributed by atoms with Crippen molar-refractivity contribution in [1.29, 1.82) is 0 Å². The van der Waals surface area contributed by atoms with Gasteiger partial charge in [0.2, 0.25) is 0 Å². The van der Waals surface area contributed by atoms with Gasteiger partial charge >= 0.3 is 11.9 Å². The zero-order valence-corrected chi connectivity index (χ0v) is 41.2. The number of para-hydroxylation sites is 2. The number of ether oxygens (including phenoxy) is 2. The standard InChI is InChI=1S/C61H72N2O4/c1-11-53-31-29-45(7)61(38-43(5)59(65)67-55-26-16-13-17-27-55,57-36-52(48(10)63-53)34-49-22-19-23-50(57)33-49)39-60(37-42(4)58(64)66-54-24-14-12-15-25-54)44(6)28-30-46(8)62-47(9)51-32-40(2)20-18-21-41(3)56(60)35-51/h12-32,34,41-45,50,56-57H,9-11,33,35-39H2,1-8H3/b21-18-,30-28-,31-29-,40-20+,51-32+,62-46?,63-53?/t41-,42?,43?,44?,45-,50+,56?,57?,60-,61+/m0/s1. The highest BCUT2D eigenvalue weighted by molar-refractivity contribution is 5.96. The van der Waals surface area contributed by atoms with E-state index in [4.69, 9.17) is 19.5 Å². The molecular weight excluding hydrogens is 825 g/mol. The zero-order valence-electron chi connectivity index (χ0n) is 41.2. The maximum Gasteiger partial charge on any atom is 0.314 e. The number of benzene rings is 2. The highest BCUT2D eigenvalue weighted by atomic mass is 16.5. The zero-order chi connectivity index (χ0) is 47.9. The Morgan fingerprint density at radius 1 is 0.687 bits per heavy atom. The van der Waals surface area contributed by atoms with Gasteiger partial charge in [0.25, 0.3) is 0 Å². The average Bonchev–Trinajstić information content (AvgIpc) is 3.38. The fourth-order valence-electron chi connectivity index (χ4n) is 12.0. The summed E-state index contributed by atoms with van der Waals surface area (Å²) in [5, 5.41) is 0. The quantitative estimate of drug-likeness (QED) is 0.166. The molecule has 7 rings (SSSR count). The summed E-state index contributed by atoms with van der Waals surface area (Å²) < 4.78 is 12.5. The third kappa shape index (κ3) is 11.3. The molecule has 2 aromatic carbocycles. The number of esters is 2. The molecule has 2 aliphatic heterocycles. The average molecular weight is 897 g/mol. The minimum atomic E-state index is -0.564. The van der Waals surface area contributed by atoms with Gasteiger partial charge in [-0.1, -0.05) is 157 Å². The fourth-order valence-corrected chi connectivity index (χ4v) is 12.0. The van der Waals surface area contributed by atoms with Crippen LogP contribution in [0.1, 0.15) is 100 Å².